The van der Waals surface area contributed by atoms with Crippen molar-refractivity contribution in [1.29, 1.82) is 0 Å². The minimum absolute atomic E-state index is 0.0686. The zero-order valence-electron chi connectivity index (χ0n) is 14.6. The number of tetrazole rings is 1. The van der Waals surface area contributed by atoms with E-state index in [1.165, 1.54) is 21.1 Å². The van der Waals surface area contributed by atoms with Crippen molar-refractivity contribution in [3.63, 3.8) is 0 Å². The molecule has 0 aliphatic carbocycles. The average molecular weight is 404 g/mol. The molecule has 1 fully saturated rings. The number of aromatic nitrogens is 4. The molecular formula is C15H19F3N6O2S. The van der Waals surface area contributed by atoms with Gasteiger partial charge in [0.05, 0.1) is 23.5 Å². The third-order valence-corrected chi connectivity index (χ3v) is 6.31. The fourth-order valence-electron chi connectivity index (χ4n) is 2.84. The van der Waals surface area contributed by atoms with Gasteiger partial charge in [0, 0.05) is 26.2 Å². The lowest BCUT2D eigenvalue weighted by Gasteiger charge is -2.33. The van der Waals surface area contributed by atoms with Gasteiger partial charge in [-0.15, -0.1) is 5.10 Å². The van der Waals surface area contributed by atoms with Crippen LogP contribution in [0.5, 0.6) is 0 Å². The highest BCUT2D eigenvalue weighted by atomic mass is 32.2. The van der Waals surface area contributed by atoms with Crippen LogP contribution in [-0.2, 0) is 22.7 Å². The van der Waals surface area contributed by atoms with E-state index in [-0.39, 0.29) is 5.75 Å². The van der Waals surface area contributed by atoms with Gasteiger partial charge < -0.3 is 0 Å². The topological polar surface area (TPSA) is 84.2 Å². The van der Waals surface area contributed by atoms with Crippen LogP contribution in [-0.4, -0.2) is 69.8 Å². The maximum Gasteiger partial charge on any atom is 0.416 e. The predicted octanol–water partition coefficient (Wildman–Crippen LogP) is 1.15. The van der Waals surface area contributed by atoms with Crippen molar-refractivity contribution >= 4 is 10.0 Å². The first-order valence-corrected chi connectivity index (χ1v) is 9.96. The van der Waals surface area contributed by atoms with Crippen molar-refractivity contribution in [2.75, 3.05) is 31.9 Å². The number of nitrogens with zero attached hydrogens (tertiary/aromatic N) is 6. The third kappa shape index (κ3) is 4.45. The molecule has 0 saturated carbocycles. The van der Waals surface area contributed by atoms with Crippen molar-refractivity contribution in [3.8, 4) is 5.69 Å². The molecule has 27 heavy (non-hydrogen) atoms. The smallest absolute Gasteiger partial charge is 0.293 e. The van der Waals surface area contributed by atoms with E-state index in [4.69, 9.17) is 0 Å². The summed E-state index contributed by atoms with van der Waals surface area (Å²) in [5, 5.41) is 11.4. The highest BCUT2D eigenvalue weighted by Gasteiger charge is 2.30. The summed E-state index contributed by atoms with van der Waals surface area (Å²) >= 11 is 0. The van der Waals surface area contributed by atoms with Gasteiger partial charge in [-0.05, 0) is 41.6 Å². The van der Waals surface area contributed by atoms with Crippen LogP contribution < -0.4 is 0 Å². The van der Waals surface area contributed by atoms with Gasteiger partial charge in [0.15, 0.2) is 5.82 Å². The molecule has 2 heterocycles. The quantitative estimate of drug-likeness (QED) is 0.743. The first-order valence-electron chi connectivity index (χ1n) is 8.36. The Morgan fingerprint density at radius 1 is 1.07 bits per heavy atom. The zero-order chi connectivity index (χ0) is 19.7. The molecule has 1 saturated heterocycles. The molecule has 8 nitrogen and oxygen atoms in total. The molecule has 1 aromatic heterocycles. The Morgan fingerprint density at radius 2 is 1.70 bits per heavy atom. The number of rotatable bonds is 5. The number of alkyl halides is 3. The summed E-state index contributed by atoms with van der Waals surface area (Å²) < 4.78 is 64.7. The molecule has 1 aromatic carbocycles. The Hall–Kier alpha value is -2.05. The molecule has 1 aliphatic rings. The van der Waals surface area contributed by atoms with Crippen LogP contribution in [0.3, 0.4) is 0 Å². The van der Waals surface area contributed by atoms with E-state index < -0.39 is 21.8 Å². The van der Waals surface area contributed by atoms with Gasteiger partial charge in [-0.3, -0.25) is 4.90 Å². The Kier molecular flexibility index (Phi) is 5.49. The molecule has 3 rings (SSSR count). The Bertz CT molecular complexity index is 874. The average Bonchev–Trinajstić information content (AvgIpc) is 3.09. The van der Waals surface area contributed by atoms with E-state index in [1.807, 2.05) is 4.90 Å². The van der Waals surface area contributed by atoms with Crippen molar-refractivity contribution in [2.45, 2.75) is 19.6 Å². The predicted molar refractivity (Wildman–Crippen MR) is 90.5 cm³/mol. The van der Waals surface area contributed by atoms with Crippen LogP contribution in [0.4, 0.5) is 13.2 Å². The van der Waals surface area contributed by atoms with E-state index in [0.29, 0.717) is 44.2 Å². The zero-order valence-corrected chi connectivity index (χ0v) is 15.4. The summed E-state index contributed by atoms with van der Waals surface area (Å²) in [6.07, 6.45) is -4.40. The molecule has 12 heteroatoms. The number of halogens is 3. The van der Waals surface area contributed by atoms with Gasteiger partial charge in [-0.2, -0.15) is 22.2 Å². The number of hydrogen-bond acceptors (Lipinski definition) is 6. The SMILES string of the molecule is CCS(=O)(=O)N1CCN(Cc2nnnn2-c2ccc(C(F)(F)F)cc2)CC1. The van der Waals surface area contributed by atoms with Crippen molar-refractivity contribution < 1.29 is 21.6 Å². The molecule has 0 unspecified atom stereocenters. The van der Waals surface area contributed by atoms with Crippen molar-refractivity contribution in [2.24, 2.45) is 0 Å². The van der Waals surface area contributed by atoms with E-state index in [2.05, 4.69) is 15.5 Å². The lowest BCUT2D eigenvalue weighted by Crippen LogP contribution is -2.48. The normalized spacial score (nSPS) is 17.3. The van der Waals surface area contributed by atoms with E-state index >= 15 is 0 Å². The fourth-order valence-corrected chi connectivity index (χ4v) is 3.93. The van der Waals surface area contributed by atoms with Crippen LogP contribution in [0, 0.1) is 0 Å². The van der Waals surface area contributed by atoms with Crippen molar-refractivity contribution in [1.82, 2.24) is 29.4 Å². The summed E-state index contributed by atoms with van der Waals surface area (Å²) in [5.74, 6) is 0.542. The summed E-state index contributed by atoms with van der Waals surface area (Å²) in [6.45, 7) is 3.81. The first kappa shape index (κ1) is 19.7. The highest BCUT2D eigenvalue weighted by molar-refractivity contribution is 7.89. The molecule has 0 atom stereocenters. The molecular weight excluding hydrogens is 385 g/mol. The second-order valence-corrected chi connectivity index (χ2v) is 8.38. The number of benzene rings is 1. The summed E-state index contributed by atoms with van der Waals surface area (Å²) in [4.78, 5) is 2.01. The monoisotopic (exact) mass is 404 g/mol. The van der Waals surface area contributed by atoms with Gasteiger partial charge in [-0.25, -0.2) is 8.42 Å². The maximum absolute atomic E-state index is 12.7. The molecule has 0 radical (unpaired) electrons. The molecule has 148 valence electrons. The minimum atomic E-state index is -4.40. The van der Waals surface area contributed by atoms with Crippen LogP contribution >= 0.6 is 0 Å². The van der Waals surface area contributed by atoms with Crippen LogP contribution in [0.15, 0.2) is 24.3 Å². The largest absolute Gasteiger partial charge is 0.416 e. The molecule has 1 aliphatic heterocycles. The van der Waals surface area contributed by atoms with E-state index in [9.17, 15) is 21.6 Å². The highest BCUT2D eigenvalue weighted by Crippen LogP contribution is 2.29. The third-order valence-electron chi connectivity index (χ3n) is 4.43. The van der Waals surface area contributed by atoms with E-state index in [1.54, 1.807) is 6.92 Å². The molecule has 0 bridgehead atoms. The van der Waals surface area contributed by atoms with Crippen LogP contribution in [0.2, 0.25) is 0 Å². The van der Waals surface area contributed by atoms with Gasteiger partial charge in [0.25, 0.3) is 0 Å². The second-order valence-electron chi connectivity index (χ2n) is 6.13. The fraction of sp³-hybridized carbons (Fsp3) is 0.533. The van der Waals surface area contributed by atoms with Gasteiger partial charge in [0.1, 0.15) is 0 Å². The summed E-state index contributed by atoms with van der Waals surface area (Å²) in [5.41, 5.74) is -0.315. The summed E-state index contributed by atoms with van der Waals surface area (Å²) in [6, 6.07) is 4.59. The van der Waals surface area contributed by atoms with Gasteiger partial charge >= 0.3 is 6.18 Å². The number of hydrogen-bond donors (Lipinski definition) is 0. The molecule has 0 amide bonds. The lowest BCUT2D eigenvalue weighted by atomic mass is 10.2. The second kappa shape index (κ2) is 7.52. The first-order chi connectivity index (χ1) is 12.7. The number of sulfonamides is 1. The molecule has 2 aromatic rings. The van der Waals surface area contributed by atoms with E-state index in [0.717, 1.165) is 12.1 Å². The Morgan fingerprint density at radius 3 is 2.26 bits per heavy atom. The van der Waals surface area contributed by atoms with Gasteiger partial charge in [-0.1, -0.05) is 0 Å². The van der Waals surface area contributed by atoms with Gasteiger partial charge in [0.2, 0.25) is 10.0 Å². The van der Waals surface area contributed by atoms with Crippen LogP contribution in [0.1, 0.15) is 18.3 Å². The Labute approximate surface area is 154 Å². The minimum Gasteiger partial charge on any atom is -0.293 e. The molecule has 0 N–H and O–H groups in total. The van der Waals surface area contributed by atoms with Crippen LogP contribution in [0.25, 0.3) is 5.69 Å². The number of piperazine rings is 1. The lowest BCUT2D eigenvalue weighted by molar-refractivity contribution is -0.137. The maximum atomic E-state index is 12.7. The Balaban J connectivity index is 1.68. The summed E-state index contributed by atoms with van der Waals surface area (Å²) in [7, 11) is -3.20. The van der Waals surface area contributed by atoms with Crippen molar-refractivity contribution in [3.05, 3.63) is 35.7 Å². The molecule has 0 spiro atoms. The standard InChI is InChI=1S/C15H19F3N6O2S/c1-2-27(25,26)23-9-7-22(8-10-23)11-14-19-20-21-24(14)13-5-3-12(4-6-13)15(16,17)18/h3-6H,2,7-11H2,1H3.